The minimum atomic E-state index is -0.310. The Morgan fingerprint density at radius 1 is 1.28 bits per heavy atom. The van der Waals surface area contributed by atoms with Crippen LogP contribution in [0.4, 0.5) is 10.2 Å². The van der Waals surface area contributed by atoms with Crippen LogP contribution in [-0.2, 0) is 11.2 Å². The molecule has 5 rings (SSSR count). The Kier molecular flexibility index (Phi) is 6.69. The molecule has 4 heterocycles. The predicted octanol–water partition coefficient (Wildman–Crippen LogP) is 2.89. The average Bonchev–Trinajstić information content (AvgIpc) is 2.91. The van der Waals surface area contributed by atoms with Crippen LogP contribution in [0.1, 0.15) is 28.9 Å². The SMILES string of the molecule is COc1ccc2ncc(F)c(CCN3CCC(N(C)C(=O)c4ccc5c(n4)NC(=O)CO5)CC3)c2c1. The van der Waals surface area contributed by atoms with Gasteiger partial charge < -0.3 is 24.6 Å². The second-order valence-electron chi connectivity index (χ2n) is 9.09. The number of likely N-dealkylation sites (tertiary alicyclic amines) is 1. The van der Waals surface area contributed by atoms with Gasteiger partial charge in [0, 0.05) is 43.7 Å². The number of piperidine rings is 1. The topological polar surface area (TPSA) is 96.9 Å². The number of amides is 2. The van der Waals surface area contributed by atoms with E-state index in [9.17, 15) is 14.0 Å². The van der Waals surface area contributed by atoms with Gasteiger partial charge in [-0.25, -0.2) is 9.37 Å². The zero-order valence-electron chi connectivity index (χ0n) is 20.3. The molecule has 10 heteroatoms. The first-order valence-corrected chi connectivity index (χ1v) is 12.0. The summed E-state index contributed by atoms with van der Waals surface area (Å²) in [5, 5.41) is 3.41. The molecule has 1 N–H and O–H groups in total. The van der Waals surface area contributed by atoms with E-state index in [1.807, 2.05) is 18.2 Å². The number of carbonyl (C=O) groups excluding carboxylic acids is 2. The van der Waals surface area contributed by atoms with E-state index in [1.165, 1.54) is 6.20 Å². The summed E-state index contributed by atoms with van der Waals surface area (Å²) in [6, 6.07) is 8.84. The minimum Gasteiger partial charge on any atom is -0.497 e. The van der Waals surface area contributed by atoms with Crippen LogP contribution in [0.5, 0.6) is 11.5 Å². The first kappa shape index (κ1) is 23.9. The van der Waals surface area contributed by atoms with Gasteiger partial charge in [0.1, 0.15) is 17.3 Å². The number of fused-ring (bicyclic) bond motifs is 2. The second-order valence-corrected chi connectivity index (χ2v) is 9.09. The van der Waals surface area contributed by atoms with Gasteiger partial charge in [0.05, 0.1) is 18.8 Å². The van der Waals surface area contributed by atoms with E-state index in [1.54, 1.807) is 31.2 Å². The number of halogens is 1. The van der Waals surface area contributed by atoms with Crippen molar-refractivity contribution >= 4 is 28.5 Å². The Bertz CT molecular complexity index is 1310. The fourth-order valence-electron chi connectivity index (χ4n) is 4.81. The highest BCUT2D eigenvalue weighted by molar-refractivity contribution is 5.97. The molecule has 1 aromatic carbocycles. The Hall–Kier alpha value is -3.79. The Balaban J connectivity index is 1.19. The van der Waals surface area contributed by atoms with Crippen molar-refractivity contribution in [2.75, 3.05) is 45.7 Å². The highest BCUT2D eigenvalue weighted by Gasteiger charge is 2.28. The monoisotopic (exact) mass is 493 g/mol. The summed E-state index contributed by atoms with van der Waals surface area (Å²) < 4.78 is 25.3. The van der Waals surface area contributed by atoms with E-state index in [0.29, 0.717) is 30.0 Å². The van der Waals surface area contributed by atoms with Crippen molar-refractivity contribution in [3.05, 3.63) is 53.6 Å². The van der Waals surface area contributed by atoms with Crippen molar-refractivity contribution in [1.29, 1.82) is 0 Å². The fourth-order valence-corrected chi connectivity index (χ4v) is 4.81. The second kappa shape index (κ2) is 10.1. The van der Waals surface area contributed by atoms with Crippen LogP contribution in [0, 0.1) is 5.82 Å². The summed E-state index contributed by atoms with van der Waals surface area (Å²) in [4.78, 5) is 37.1. The number of carbonyl (C=O) groups is 2. The predicted molar refractivity (Wildman–Crippen MR) is 132 cm³/mol. The van der Waals surface area contributed by atoms with Gasteiger partial charge in [-0.2, -0.15) is 0 Å². The summed E-state index contributed by atoms with van der Waals surface area (Å²) in [5.74, 6) is 0.602. The first-order valence-electron chi connectivity index (χ1n) is 12.0. The quantitative estimate of drug-likeness (QED) is 0.564. The maximum Gasteiger partial charge on any atom is 0.272 e. The van der Waals surface area contributed by atoms with Gasteiger partial charge >= 0.3 is 0 Å². The Morgan fingerprint density at radius 3 is 2.86 bits per heavy atom. The van der Waals surface area contributed by atoms with E-state index < -0.39 is 0 Å². The third-order valence-corrected chi connectivity index (χ3v) is 6.93. The molecule has 2 aliphatic heterocycles. The van der Waals surface area contributed by atoms with Crippen molar-refractivity contribution in [2.45, 2.75) is 25.3 Å². The number of hydrogen-bond donors (Lipinski definition) is 1. The average molecular weight is 494 g/mol. The minimum absolute atomic E-state index is 0.0569. The Morgan fingerprint density at radius 2 is 2.08 bits per heavy atom. The van der Waals surface area contributed by atoms with E-state index in [0.717, 1.165) is 36.8 Å². The van der Waals surface area contributed by atoms with Crippen molar-refractivity contribution in [3.8, 4) is 11.5 Å². The van der Waals surface area contributed by atoms with Crippen molar-refractivity contribution < 1.29 is 23.5 Å². The van der Waals surface area contributed by atoms with Crippen LogP contribution in [0.2, 0.25) is 0 Å². The van der Waals surface area contributed by atoms with Crippen molar-refractivity contribution in [1.82, 2.24) is 19.8 Å². The third kappa shape index (κ3) is 4.81. The smallest absolute Gasteiger partial charge is 0.272 e. The number of hydrogen-bond acceptors (Lipinski definition) is 7. The number of anilines is 1. The molecule has 36 heavy (non-hydrogen) atoms. The lowest BCUT2D eigenvalue weighted by molar-refractivity contribution is -0.118. The molecule has 0 radical (unpaired) electrons. The number of benzene rings is 1. The molecule has 3 aromatic rings. The zero-order chi connectivity index (χ0) is 25.2. The van der Waals surface area contributed by atoms with E-state index in [2.05, 4.69) is 20.2 Å². The molecule has 1 saturated heterocycles. The summed E-state index contributed by atoms with van der Waals surface area (Å²) >= 11 is 0. The normalized spacial score (nSPS) is 16.2. The number of nitrogens with zero attached hydrogens (tertiary/aromatic N) is 4. The molecular weight excluding hydrogens is 465 g/mol. The molecule has 1 fully saturated rings. The van der Waals surface area contributed by atoms with Gasteiger partial charge in [0.15, 0.2) is 18.2 Å². The molecule has 2 aromatic heterocycles. The maximum absolute atomic E-state index is 14.7. The molecule has 2 amide bonds. The van der Waals surface area contributed by atoms with Gasteiger partial charge in [0.2, 0.25) is 0 Å². The van der Waals surface area contributed by atoms with Gasteiger partial charge in [-0.05, 0) is 49.6 Å². The Labute approximate surface area is 208 Å². The lowest BCUT2D eigenvalue weighted by atomic mass is 10.0. The standard InChI is InChI=1S/C26H28FN5O4/c1-31(26(34)22-5-6-23-25(29-22)30-24(33)15-36-23)16-7-10-32(11-8-16)12-9-18-19-13-17(35-2)3-4-21(19)28-14-20(18)27/h3-6,13-14,16H,7-12,15H2,1-2H3,(H,29,30,33). The zero-order valence-corrected chi connectivity index (χ0v) is 20.3. The molecule has 0 atom stereocenters. The van der Waals surface area contributed by atoms with Crippen LogP contribution >= 0.6 is 0 Å². The van der Waals surface area contributed by atoms with Gasteiger partial charge in [0.25, 0.3) is 11.8 Å². The van der Waals surface area contributed by atoms with Crippen LogP contribution in [-0.4, -0.2) is 78.0 Å². The number of methoxy groups -OCH3 is 1. The van der Waals surface area contributed by atoms with Crippen molar-refractivity contribution in [3.63, 3.8) is 0 Å². The molecule has 0 unspecified atom stereocenters. The number of pyridine rings is 2. The molecule has 0 aliphatic carbocycles. The molecular formula is C26H28FN5O4. The lowest BCUT2D eigenvalue weighted by Crippen LogP contribution is -2.46. The summed E-state index contributed by atoms with van der Waals surface area (Å²) in [6.07, 6.45) is 3.45. The summed E-state index contributed by atoms with van der Waals surface area (Å²) in [5.41, 5.74) is 1.65. The molecule has 0 bridgehead atoms. The first-order chi connectivity index (χ1) is 17.4. The maximum atomic E-state index is 14.7. The summed E-state index contributed by atoms with van der Waals surface area (Å²) in [7, 11) is 3.37. The molecule has 0 spiro atoms. The molecule has 9 nitrogen and oxygen atoms in total. The largest absolute Gasteiger partial charge is 0.497 e. The van der Waals surface area contributed by atoms with Crippen LogP contribution in [0.15, 0.2) is 36.5 Å². The summed E-state index contributed by atoms with van der Waals surface area (Å²) in [6.45, 7) is 2.26. The van der Waals surface area contributed by atoms with Crippen molar-refractivity contribution in [2.24, 2.45) is 0 Å². The lowest BCUT2D eigenvalue weighted by Gasteiger charge is -2.36. The molecule has 0 saturated carbocycles. The van der Waals surface area contributed by atoms with E-state index in [4.69, 9.17) is 9.47 Å². The van der Waals surface area contributed by atoms with Gasteiger partial charge in [-0.1, -0.05) is 0 Å². The number of rotatable bonds is 6. The molecule has 188 valence electrons. The number of ether oxygens (including phenoxy) is 2. The highest BCUT2D eigenvalue weighted by atomic mass is 19.1. The van der Waals surface area contributed by atoms with E-state index >= 15 is 0 Å². The van der Waals surface area contributed by atoms with E-state index in [-0.39, 0.29) is 41.8 Å². The van der Waals surface area contributed by atoms with Gasteiger partial charge in [-0.15, -0.1) is 0 Å². The van der Waals surface area contributed by atoms with Crippen LogP contribution in [0.3, 0.4) is 0 Å². The molecule has 2 aliphatic rings. The van der Waals surface area contributed by atoms with Gasteiger partial charge in [-0.3, -0.25) is 14.6 Å². The number of nitrogens with one attached hydrogen (secondary N) is 1. The highest BCUT2D eigenvalue weighted by Crippen LogP contribution is 2.27. The van der Waals surface area contributed by atoms with Crippen LogP contribution < -0.4 is 14.8 Å². The fraction of sp³-hybridized carbons (Fsp3) is 0.385. The van der Waals surface area contributed by atoms with Crippen LogP contribution in [0.25, 0.3) is 10.9 Å². The third-order valence-electron chi connectivity index (χ3n) is 6.93. The number of aromatic nitrogens is 2.